The van der Waals surface area contributed by atoms with Crippen molar-refractivity contribution in [2.45, 2.75) is 38.6 Å². The van der Waals surface area contributed by atoms with Crippen LogP contribution in [0.25, 0.3) is 5.69 Å². The maximum atomic E-state index is 8.74. The summed E-state index contributed by atoms with van der Waals surface area (Å²) >= 11 is 0. The third-order valence-corrected chi connectivity index (χ3v) is 4.13. The normalized spacial score (nSPS) is 17.6. The van der Waals surface area contributed by atoms with Crippen LogP contribution >= 0.6 is 0 Å². The van der Waals surface area contributed by atoms with E-state index in [2.05, 4.69) is 35.8 Å². The summed E-state index contributed by atoms with van der Waals surface area (Å²) in [5, 5.41) is 8.74. The molecule has 1 aliphatic carbocycles. The Labute approximate surface area is 119 Å². The van der Waals surface area contributed by atoms with Crippen LogP contribution < -0.4 is 5.73 Å². The number of aromatic nitrogens is 1. The number of rotatable bonds is 2. The Morgan fingerprint density at radius 2 is 2.10 bits per heavy atom. The summed E-state index contributed by atoms with van der Waals surface area (Å²) in [6, 6.07) is 12.8. The van der Waals surface area contributed by atoms with Gasteiger partial charge in [-0.05, 0) is 55.5 Å². The molecule has 0 saturated heterocycles. The van der Waals surface area contributed by atoms with E-state index in [1.807, 2.05) is 12.1 Å². The van der Waals surface area contributed by atoms with Crippen LogP contribution in [0.3, 0.4) is 0 Å². The van der Waals surface area contributed by atoms with Crippen molar-refractivity contribution in [3.8, 4) is 11.8 Å². The number of hydrogen-bond acceptors (Lipinski definition) is 2. The van der Waals surface area contributed by atoms with Gasteiger partial charge in [-0.1, -0.05) is 12.1 Å². The van der Waals surface area contributed by atoms with Crippen molar-refractivity contribution in [2.24, 2.45) is 5.73 Å². The van der Waals surface area contributed by atoms with Gasteiger partial charge in [0.05, 0.1) is 12.5 Å². The first kappa shape index (κ1) is 13.0. The molecule has 1 unspecified atom stereocenters. The first-order valence-corrected chi connectivity index (χ1v) is 7.13. The summed E-state index contributed by atoms with van der Waals surface area (Å²) in [7, 11) is 0. The van der Waals surface area contributed by atoms with E-state index in [1.165, 1.54) is 22.6 Å². The molecule has 0 radical (unpaired) electrons. The molecule has 1 heterocycles. The molecule has 102 valence electrons. The van der Waals surface area contributed by atoms with Gasteiger partial charge in [0, 0.05) is 23.1 Å². The fraction of sp³-hybridized carbons (Fsp3) is 0.353. The fourth-order valence-corrected chi connectivity index (χ4v) is 3.15. The van der Waals surface area contributed by atoms with Crippen LogP contribution in [0.5, 0.6) is 0 Å². The molecule has 0 fully saturated rings. The summed E-state index contributed by atoms with van der Waals surface area (Å²) in [5.41, 5.74) is 12.3. The Balaban J connectivity index is 2.04. The fourth-order valence-electron chi connectivity index (χ4n) is 3.15. The van der Waals surface area contributed by atoms with Crippen molar-refractivity contribution in [2.75, 3.05) is 0 Å². The van der Waals surface area contributed by atoms with E-state index in [4.69, 9.17) is 11.0 Å². The van der Waals surface area contributed by atoms with Crippen molar-refractivity contribution in [1.82, 2.24) is 4.57 Å². The topological polar surface area (TPSA) is 54.7 Å². The quantitative estimate of drug-likeness (QED) is 0.906. The zero-order valence-electron chi connectivity index (χ0n) is 11.8. The van der Waals surface area contributed by atoms with Gasteiger partial charge < -0.3 is 10.3 Å². The van der Waals surface area contributed by atoms with Gasteiger partial charge in [0.25, 0.3) is 0 Å². The lowest BCUT2D eigenvalue weighted by atomic mass is 9.93. The summed E-state index contributed by atoms with van der Waals surface area (Å²) in [6.07, 6.45) is 3.80. The Morgan fingerprint density at radius 1 is 1.35 bits per heavy atom. The Bertz CT molecular complexity index is 659. The van der Waals surface area contributed by atoms with Crippen LogP contribution in [0.4, 0.5) is 0 Å². The summed E-state index contributed by atoms with van der Waals surface area (Å²) in [5.74, 6) is 0. The van der Waals surface area contributed by atoms with Crippen LogP contribution in [-0.2, 0) is 12.8 Å². The van der Waals surface area contributed by atoms with E-state index in [0.717, 1.165) is 24.8 Å². The number of aryl methyl sites for hydroxylation is 1. The van der Waals surface area contributed by atoms with Gasteiger partial charge in [0.15, 0.2) is 0 Å². The molecule has 1 aromatic heterocycles. The second-order valence-electron chi connectivity index (χ2n) is 5.52. The van der Waals surface area contributed by atoms with Gasteiger partial charge in [-0.3, -0.25) is 0 Å². The molecule has 2 aromatic rings. The van der Waals surface area contributed by atoms with Crippen molar-refractivity contribution < 1.29 is 0 Å². The molecule has 3 heteroatoms. The molecule has 1 aromatic carbocycles. The van der Waals surface area contributed by atoms with Crippen molar-refractivity contribution in [1.29, 1.82) is 5.26 Å². The van der Waals surface area contributed by atoms with E-state index in [9.17, 15) is 0 Å². The Morgan fingerprint density at radius 3 is 2.80 bits per heavy atom. The van der Waals surface area contributed by atoms with Crippen molar-refractivity contribution in [3.05, 3.63) is 52.8 Å². The van der Waals surface area contributed by atoms with Crippen LogP contribution in [0.15, 0.2) is 30.3 Å². The number of benzene rings is 1. The molecule has 1 atom stereocenters. The number of fused-ring (bicyclic) bond motifs is 1. The highest BCUT2D eigenvalue weighted by Gasteiger charge is 2.22. The van der Waals surface area contributed by atoms with Crippen LogP contribution in [0, 0.1) is 18.3 Å². The molecule has 20 heavy (non-hydrogen) atoms. The molecule has 0 amide bonds. The van der Waals surface area contributed by atoms with Gasteiger partial charge in [-0.15, -0.1) is 0 Å². The lowest BCUT2D eigenvalue weighted by Crippen LogP contribution is -2.17. The highest BCUT2D eigenvalue weighted by molar-refractivity contribution is 5.44. The highest BCUT2D eigenvalue weighted by atomic mass is 15.0. The molecular formula is C17H19N3. The summed E-state index contributed by atoms with van der Waals surface area (Å²) in [4.78, 5) is 0. The van der Waals surface area contributed by atoms with Crippen molar-refractivity contribution in [3.63, 3.8) is 0 Å². The first-order chi connectivity index (χ1) is 9.70. The maximum Gasteiger partial charge on any atom is 0.0669 e. The predicted molar refractivity (Wildman–Crippen MR) is 79.7 cm³/mol. The van der Waals surface area contributed by atoms with Gasteiger partial charge in [-0.2, -0.15) is 5.26 Å². The molecular weight excluding hydrogens is 246 g/mol. The van der Waals surface area contributed by atoms with E-state index in [-0.39, 0.29) is 6.04 Å². The number of hydrogen-bond donors (Lipinski definition) is 1. The van der Waals surface area contributed by atoms with Crippen LogP contribution in [0.2, 0.25) is 0 Å². The first-order valence-electron chi connectivity index (χ1n) is 7.13. The lowest BCUT2D eigenvalue weighted by molar-refractivity contribution is 0.560. The minimum atomic E-state index is 0.177. The van der Waals surface area contributed by atoms with E-state index in [1.54, 1.807) is 0 Å². The van der Waals surface area contributed by atoms with Gasteiger partial charge in [0.1, 0.15) is 0 Å². The van der Waals surface area contributed by atoms with Crippen LogP contribution in [-0.4, -0.2) is 4.57 Å². The molecule has 0 aliphatic heterocycles. The van der Waals surface area contributed by atoms with E-state index < -0.39 is 0 Å². The standard InChI is InChI=1S/C17H19N3/c1-12-11-15-16(19)3-2-4-17(15)20(12)14-7-5-13(6-8-14)9-10-18/h5-8,11,16H,2-4,9,19H2,1H3. The Kier molecular flexibility index (Phi) is 3.33. The van der Waals surface area contributed by atoms with Gasteiger partial charge >= 0.3 is 0 Å². The molecule has 3 rings (SSSR count). The monoisotopic (exact) mass is 265 g/mol. The third kappa shape index (κ3) is 2.13. The number of nitrogens with zero attached hydrogens (tertiary/aromatic N) is 2. The number of nitrogens with two attached hydrogens (primary N) is 1. The molecule has 0 bridgehead atoms. The molecule has 2 N–H and O–H groups in total. The minimum Gasteiger partial charge on any atom is -0.324 e. The largest absolute Gasteiger partial charge is 0.324 e. The minimum absolute atomic E-state index is 0.177. The molecule has 1 aliphatic rings. The smallest absolute Gasteiger partial charge is 0.0669 e. The molecule has 0 saturated carbocycles. The number of nitriles is 1. The van der Waals surface area contributed by atoms with Gasteiger partial charge in [-0.25, -0.2) is 0 Å². The Hall–Kier alpha value is -2.05. The summed E-state index contributed by atoms with van der Waals surface area (Å²) < 4.78 is 2.31. The average molecular weight is 265 g/mol. The molecule has 3 nitrogen and oxygen atoms in total. The van der Waals surface area contributed by atoms with Crippen molar-refractivity contribution >= 4 is 0 Å². The maximum absolute atomic E-state index is 8.74. The molecule has 0 spiro atoms. The zero-order valence-corrected chi connectivity index (χ0v) is 11.8. The van der Waals surface area contributed by atoms with E-state index >= 15 is 0 Å². The lowest BCUT2D eigenvalue weighted by Gasteiger charge is -2.21. The zero-order chi connectivity index (χ0) is 14.1. The van der Waals surface area contributed by atoms with E-state index in [0.29, 0.717) is 6.42 Å². The summed E-state index contributed by atoms with van der Waals surface area (Å²) in [6.45, 7) is 2.13. The second-order valence-corrected chi connectivity index (χ2v) is 5.52. The SMILES string of the molecule is Cc1cc2c(n1-c1ccc(CC#N)cc1)CCCC2N. The second kappa shape index (κ2) is 5.15. The van der Waals surface area contributed by atoms with Crippen LogP contribution in [0.1, 0.15) is 41.4 Å². The highest BCUT2D eigenvalue weighted by Crippen LogP contribution is 2.32. The van der Waals surface area contributed by atoms with Gasteiger partial charge in [0.2, 0.25) is 0 Å². The predicted octanol–water partition coefficient (Wildman–Crippen LogP) is 3.19. The third-order valence-electron chi connectivity index (χ3n) is 4.13. The average Bonchev–Trinajstić information content (AvgIpc) is 2.78.